The molecule has 3 aromatic carbocycles. The number of rotatable bonds is 7. The predicted octanol–water partition coefficient (Wildman–Crippen LogP) is 6.02. The molecule has 0 radical (unpaired) electrons. The van der Waals surface area contributed by atoms with Gasteiger partial charge in [0, 0.05) is 17.8 Å². The maximum atomic E-state index is 13.8. The van der Waals surface area contributed by atoms with E-state index in [2.05, 4.69) is 5.32 Å². The number of carboxylic acid groups (broad SMARTS) is 1. The zero-order chi connectivity index (χ0) is 20.1. The molecule has 0 fully saturated rings. The number of hydrogen-bond donors (Lipinski definition) is 2. The van der Waals surface area contributed by atoms with E-state index in [1.807, 2.05) is 12.1 Å². The Morgan fingerprint density at radius 2 is 1.79 bits per heavy atom. The second-order valence-electron chi connectivity index (χ2n) is 5.99. The van der Waals surface area contributed by atoms with Gasteiger partial charge >= 0.3 is 5.97 Å². The summed E-state index contributed by atoms with van der Waals surface area (Å²) in [5, 5.41) is 12.8. The lowest BCUT2D eigenvalue weighted by atomic mass is 10.1. The van der Waals surface area contributed by atoms with E-state index in [-0.39, 0.29) is 17.2 Å². The minimum Gasteiger partial charge on any atom is -0.489 e. The third-order valence-electron chi connectivity index (χ3n) is 4.06. The van der Waals surface area contributed by atoms with Crippen LogP contribution in [0.15, 0.2) is 60.7 Å². The molecule has 0 aliphatic heterocycles. The van der Waals surface area contributed by atoms with Crippen LogP contribution in [0.1, 0.15) is 21.5 Å². The van der Waals surface area contributed by atoms with Gasteiger partial charge in [0.05, 0.1) is 15.6 Å². The Balaban J connectivity index is 1.59. The number of hydrogen-bond acceptors (Lipinski definition) is 3. The van der Waals surface area contributed by atoms with E-state index in [0.717, 1.165) is 5.56 Å². The van der Waals surface area contributed by atoms with Crippen LogP contribution in [0.2, 0.25) is 10.0 Å². The highest BCUT2D eigenvalue weighted by atomic mass is 35.5. The van der Waals surface area contributed by atoms with Crippen molar-refractivity contribution in [1.29, 1.82) is 0 Å². The topological polar surface area (TPSA) is 58.6 Å². The van der Waals surface area contributed by atoms with Gasteiger partial charge in [0.25, 0.3) is 0 Å². The van der Waals surface area contributed by atoms with Gasteiger partial charge in [-0.25, -0.2) is 9.18 Å². The number of anilines is 1. The van der Waals surface area contributed by atoms with Gasteiger partial charge in [-0.1, -0.05) is 41.4 Å². The first-order valence-electron chi connectivity index (χ1n) is 8.35. The normalized spacial score (nSPS) is 10.5. The highest BCUT2D eigenvalue weighted by Crippen LogP contribution is 2.23. The van der Waals surface area contributed by atoms with Gasteiger partial charge in [-0.15, -0.1) is 0 Å². The van der Waals surface area contributed by atoms with Crippen molar-refractivity contribution in [2.24, 2.45) is 0 Å². The summed E-state index contributed by atoms with van der Waals surface area (Å²) in [6.45, 7) is 0.520. The van der Waals surface area contributed by atoms with Crippen LogP contribution < -0.4 is 10.1 Å². The molecular weight excluding hydrogens is 404 g/mol. The summed E-state index contributed by atoms with van der Waals surface area (Å²) in [6, 6.07) is 16.5. The Morgan fingerprint density at radius 3 is 2.46 bits per heavy atom. The average Bonchev–Trinajstić information content (AvgIpc) is 2.67. The van der Waals surface area contributed by atoms with Gasteiger partial charge in [-0.2, -0.15) is 0 Å². The second kappa shape index (κ2) is 8.95. The first-order chi connectivity index (χ1) is 13.4. The molecule has 2 N–H and O–H groups in total. The first kappa shape index (κ1) is 20.0. The fourth-order valence-corrected chi connectivity index (χ4v) is 2.95. The van der Waals surface area contributed by atoms with Crippen LogP contribution in [-0.2, 0) is 13.2 Å². The van der Waals surface area contributed by atoms with Gasteiger partial charge in [0.2, 0.25) is 0 Å². The molecule has 28 heavy (non-hydrogen) atoms. The number of carbonyl (C=O) groups is 1. The van der Waals surface area contributed by atoms with Crippen LogP contribution in [0.3, 0.4) is 0 Å². The lowest BCUT2D eigenvalue weighted by molar-refractivity contribution is 0.0697. The molecule has 0 aromatic heterocycles. The van der Waals surface area contributed by atoms with E-state index < -0.39 is 11.8 Å². The zero-order valence-electron chi connectivity index (χ0n) is 14.6. The van der Waals surface area contributed by atoms with Crippen LogP contribution in [0.4, 0.5) is 10.1 Å². The lowest BCUT2D eigenvalue weighted by Crippen LogP contribution is -2.03. The number of carboxylic acids is 1. The fraction of sp³-hybridized carbons (Fsp3) is 0.0952. The molecule has 0 aliphatic carbocycles. The molecule has 0 atom stereocenters. The molecule has 7 heteroatoms. The Labute approximate surface area is 171 Å². The summed E-state index contributed by atoms with van der Waals surface area (Å²) in [5.41, 5.74) is 1.97. The Kier molecular flexibility index (Phi) is 6.39. The third-order valence-corrected chi connectivity index (χ3v) is 4.75. The van der Waals surface area contributed by atoms with Gasteiger partial charge < -0.3 is 15.2 Å². The van der Waals surface area contributed by atoms with Crippen molar-refractivity contribution in [3.63, 3.8) is 0 Å². The smallest absolute Gasteiger partial charge is 0.337 e. The molecule has 3 rings (SSSR count). The van der Waals surface area contributed by atoms with Crippen molar-refractivity contribution >= 4 is 34.9 Å². The maximum absolute atomic E-state index is 13.8. The van der Waals surface area contributed by atoms with E-state index >= 15 is 0 Å². The van der Waals surface area contributed by atoms with Gasteiger partial charge in [0.1, 0.15) is 18.2 Å². The van der Waals surface area contributed by atoms with Crippen molar-refractivity contribution in [3.05, 3.63) is 93.2 Å². The lowest BCUT2D eigenvalue weighted by Gasteiger charge is -2.11. The summed E-state index contributed by atoms with van der Waals surface area (Å²) in [7, 11) is 0. The standard InChI is InChI=1S/C21H16Cl2FNO3/c22-18-2-1-3-20(24)17(18)12-28-15-7-4-13(5-8-15)11-25-14-6-9-19(23)16(10-14)21(26)27/h1-10,25H,11-12H2,(H,26,27). The van der Waals surface area contributed by atoms with Gasteiger partial charge in [-0.05, 0) is 48.0 Å². The molecule has 0 unspecified atom stereocenters. The zero-order valence-corrected chi connectivity index (χ0v) is 16.1. The maximum Gasteiger partial charge on any atom is 0.337 e. The molecule has 0 aliphatic rings. The van der Waals surface area contributed by atoms with E-state index in [4.69, 9.17) is 33.0 Å². The van der Waals surface area contributed by atoms with Crippen LogP contribution in [0.25, 0.3) is 0 Å². The van der Waals surface area contributed by atoms with Crippen LogP contribution in [0.5, 0.6) is 5.75 Å². The first-order valence-corrected chi connectivity index (χ1v) is 9.11. The van der Waals surface area contributed by atoms with E-state index in [1.165, 1.54) is 18.2 Å². The summed E-state index contributed by atoms with van der Waals surface area (Å²) < 4.78 is 19.4. The summed E-state index contributed by atoms with van der Waals surface area (Å²) in [6.07, 6.45) is 0. The molecule has 0 saturated heterocycles. The second-order valence-corrected chi connectivity index (χ2v) is 6.80. The molecule has 0 heterocycles. The molecule has 144 valence electrons. The number of benzene rings is 3. The van der Waals surface area contributed by atoms with Crippen molar-refractivity contribution in [3.8, 4) is 5.75 Å². The average molecular weight is 420 g/mol. The predicted molar refractivity (Wildman–Crippen MR) is 108 cm³/mol. The van der Waals surface area contributed by atoms with Crippen LogP contribution in [-0.4, -0.2) is 11.1 Å². The largest absolute Gasteiger partial charge is 0.489 e. The summed E-state index contributed by atoms with van der Waals surface area (Å²) in [4.78, 5) is 11.1. The van der Waals surface area contributed by atoms with Gasteiger partial charge in [-0.3, -0.25) is 0 Å². The van der Waals surface area contributed by atoms with Crippen molar-refractivity contribution < 1.29 is 19.0 Å². The Hall–Kier alpha value is -2.76. The molecule has 0 bridgehead atoms. The molecule has 0 amide bonds. The highest BCUT2D eigenvalue weighted by molar-refractivity contribution is 6.33. The molecular formula is C21H16Cl2FNO3. The monoisotopic (exact) mass is 419 g/mol. The quantitative estimate of drug-likeness (QED) is 0.491. The minimum absolute atomic E-state index is 0.0336. The summed E-state index contributed by atoms with van der Waals surface area (Å²) >= 11 is 11.9. The molecule has 3 aromatic rings. The van der Waals surface area contributed by atoms with E-state index in [0.29, 0.717) is 28.6 Å². The fourth-order valence-electron chi connectivity index (χ4n) is 2.53. The van der Waals surface area contributed by atoms with Gasteiger partial charge in [0.15, 0.2) is 0 Å². The highest BCUT2D eigenvalue weighted by Gasteiger charge is 2.10. The van der Waals surface area contributed by atoms with Crippen molar-refractivity contribution in [2.45, 2.75) is 13.2 Å². The Bertz CT molecular complexity index is 973. The number of halogens is 3. The minimum atomic E-state index is -1.08. The third kappa shape index (κ3) is 4.94. The summed E-state index contributed by atoms with van der Waals surface area (Å²) in [5.74, 6) is -0.898. The SMILES string of the molecule is O=C(O)c1cc(NCc2ccc(OCc3c(F)cccc3Cl)cc2)ccc1Cl. The van der Waals surface area contributed by atoms with Crippen molar-refractivity contribution in [2.75, 3.05) is 5.32 Å². The van der Waals surface area contributed by atoms with Crippen LogP contribution >= 0.6 is 23.2 Å². The molecule has 0 spiro atoms. The van der Waals surface area contributed by atoms with E-state index in [9.17, 15) is 9.18 Å². The van der Waals surface area contributed by atoms with Crippen LogP contribution in [0, 0.1) is 5.82 Å². The number of nitrogens with one attached hydrogen (secondary N) is 1. The number of ether oxygens (including phenoxy) is 1. The van der Waals surface area contributed by atoms with Crippen molar-refractivity contribution in [1.82, 2.24) is 0 Å². The molecule has 4 nitrogen and oxygen atoms in total. The Morgan fingerprint density at radius 1 is 1.04 bits per heavy atom. The molecule has 0 saturated carbocycles. The number of aromatic carboxylic acids is 1. The van der Waals surface area contributed by atoms with E-state index in [1.54, 1.807) is 30.3 Å².